The third-order valence-corrected chi connectivity index (χ3v) is 2.85. The molecule has 0 aliphatic rings. The molecule has 0 heterocycles. The van der Waals surface area contributed by atoms with Crippen LogP contribution in [0, 0.1) is 0 Å². The average molecular weight is 238 g/mol. The molecular formula is C16H18N2. The first kappa shape index (κ1) is 12.4. The van der Waals surface area contributed by atoms with E-state index in [4.69, 9.17) is 0 Å². The van der Waals surface area contributed by atoms with Gasteiger partial charge in [0.1, 0.15) is 0 Å². The minimum absolute atomic E-state index is 0.988. The van der Waals surface area contributed by atoms with Gasteiger partial charge in [-0.25, -0.2) is 0 Å². The van der Waals surface area contributed by atoms with Gasteiger partial charge in [-0.15, -0.1) is 0 Å². The number of hydrogen-bond acceptors (Lipinski definition) is 2. The topological polar surface area (TPSA) is 15.6 Å². The summed E-state index contributed by atoms with van der Waals surface area (Å²) in [7, 11) is 4.07. The molecular weight excluding hydrogens is 220 g/mol. The fraction of sp³-hybridized carbons (Fsp3) is 0.188. The monoisotopic (exact) mass is 238 g/mol. The van der Waals surface area contributed by atoms with E-state index in [9.17, 15) is 0 Å². The molecule has 2 nitrogen and oxygen atoms in total. The molecule has 2 heteroatoms. The van der Waals surface area contributed by atoms with Gasteiger partial charge in [-0.05, 0) is 36.8 Å². The highest BCUT2D eigenvalue weighted by Gasteiger charge is 1.98. The molecule has 0 bridgehead atoms. The normalized spacial score (nSPS) is 11.4. The third-order valence-electron chi connectivity index (χ3n) is 2.85. The van der Waals surface area contributed by atoms with Crippen LogP contribution in [-0.4, -0.2) is 19.8 Å². The zero-order valence-corrected chi connectivity index (χ0v) is 11.1. The number of benzene rings is 2. The van der Waals surface area contributed by atoms with E-state index in [1.807, 2.05) is 51.4 Å². The van der Waals surface area contributed by atoms with Crippen molar-refractivity contribution in [1.82, 2.24) is 0 Å². The van der Waals surface area contributed by atoms with Gasteiger partial charge in [-0.3, -0.25) is 4.99 Å². The molecule has 0 unspecified atom stereocenters. The van der Waals surface area contributed by atoms with Gasteiger partial charge < -0.3 is 4.90 Å². The zero-order chi connectivity index (χ0) is 13.0. The minimum Gasteiger partial charge on any atom is -0.378 e. The summed E-state index contributed by atoms with van der Waals surface area (Å²) in [5.41, 5.74) is 4.37. The van der Waals surface area contributed by atoms with Crippen LogP contribution in [0.15, 0.2) is 59.6 Å². The first-order valence-corrected chi connectivity index (χ1v) is 6.05. The molecule has 0 radical (unpaired) electrons. The van der Waals surface area contributed by atoms with E-state index in [-0.39, 0.29) is 0 Å². The molecule has 2 aromatic carbocycles. The number of nitrogens with zero attached hydrogens (tertiary/aromatic N) is 2. The Labute approximate surface area is 109 Å². The van der Waals surface area contributed by atoms with E-state index < -0.39 is 0 Å². The zero-order valence-electron chi connectivity index (χ0n) is 11.1. The highest BCUT2D eigenvalue weighted by Crippen LogP contribution is 2.19. The fourth-order valence-electron chi connectivity index (χ4n) is 1.76. The van der Waals surface area contributed by atoms with Gasteiger partial charge in [0.25, 0.3) is 0 Å². The summed E-state index contributed by atoms with van der Waals surface area (Å²) in [4.78, 5) is 6.71. The van der Waals surface area contributed by atoms with Crippen LogP contribution >= 0.6 is 0 Å². The van der Waals surface area contributed by atoms with E-state index in [1.165, 1.54) is 5.69 Å². The van der Waals surface area contributed by atoms with Gasteiger partial charge in [0.15, 0.2) is 0 Å². The number of hydrogen-bond donors (Lipinski definition) is 0. The second-order valence-electron chi connectivity index (χ2n) is 4.47. The Hall–Kier alpha value is -2.09. The van der Waals surface area contributed by atoms with Crippen molar-refractivity contribution < 1.29 is 0 Å². The van der Waals surface area contributed by atoms with Crippen LogP contribution in [0.25, 0.3) is 0 Å². The number of rotatable bonds is 3. The Balaban J connectivity index is 2.23. The standard InChI is InChI=1S/C16H18N2/c1-13(14-7-5-4-6-8-14)17-15-9-11-16(12-10-15)18(2)3/h4-12H,1-3H3/b17-13+. The summed E-state index contributed by atoms with van der Waals surface area (Å²) < 4.78 is 0. The Morgan fingerprint density at radius 2 is 1.50 bits per heavy atom. The first-order chi connectivity index (χ1) is 8.66. The smallest absolute Gasteiger partial charge is 0.0634 e. The lowest BCUT2D eigenvalue weighted by Gasteiger charge is -2.11. The van der Waals surface area contributed by atoms with Crippen LogP contribution < -0.4 is 4.90 Å². The van der Waals surface area contributed by atoms with E-state index in [1.54, 1.807) is 0 Å². The second-order valence-corrected chi connectivity index (χ2v) is 4.47. The molecule has 0 aliphatic carbocycles. The van der Waals surface area contributed by atoms with Crippen LogP contribution in [-0.2, 0) is 0 Å². The van der Waals surface area contributed by atoms with Crippen LogP contribution in [0.1, 0.15) is 12.5 Å². The maximum Gasteiger partial charge on any atom is 0.0634 e. The summed E-state index contributed by atoms with van der Waals surface area (Å²) in [6.45, 7) is 2.04. The van der Waals surface area contributed by atoms with Crippen LogP contribution in [0.2, 0.25) is 0 Å². The SMILES string of the molecule is C/C(=N\c1ccc(N(C)C)cc1)c1ccccc1. The Kier molecular flexibility index (Phi) is 3.78. The summed E-state index contributed by atoms with van der Waals surface area (Å²) in [5, 5.41) is 0. The Bertz CT molecular complexity index is 525. The van der Waals surface area contributed by atoms with E-state index in [0.29, 0.717) is 0 Å². The largest absolute Gasteiger partial charge is 0.378 e. The molecule has 0 aromatic heterocycles. The highest BCUT2D eigenvalue weighted by molar-refractivity contribution is 6.00. The van der Waals surface area contributed by atoms with E-state index >= 15 is 0 Å². The van der Waals surface area contributed by atoms with E-state index in [0.717, 1.165) is 17.0 Å². The van der Waals surface area contributed by atoms with Crippen molar-refractivity contribution in [3.63, 3.8) is 0 Å². The quantitative estimate of drug-likeness (QED) is 0.741. The predicted molar refractivity (Wildman–Crippen MR) is 79.1 cm³/mol. The summed E-state index contributed by atoms with van der Waals surface area (Å²) >= 11 is 0. The molecule has 0 fully saturated rings. The molecule has 0 amide bonds. The lowest BCUT2D eigenvalue weighted by Crippen LogP contribution is -2.07. The second kappa shape index (κ2) is 5.50. The molecule has 0 saturated carbocycles. The molecule has 0 atom stereocenters. The van der Waals surface area contributed by atoms with Crippen molar-refractivity contribution >= 4 is 17.1 Å². The van der Waals surface area contributed by atoms with Crippen molar-refractivity contribution in [3.05, 3.63) is 60.2 Å². The molecule has 92 valence electrons. The first-order valence-electron chi connectivity index (χ1n) is 6.05. The van der Waals surface area contributed by atoms with Crippen LogP contribution in [0.3, 0.4) is 0 Å². The molecule has 2 aromatic rings. The van der Waals surface area contributed by atoms with Crippen molar-refractivity contribution in [2.45, 2.75) is 6.92 Å². The molecule has 0 N–H and O–H groups in total. The number of aliphatic imine (C=N–C) groups is 1. The Morgan fingerprint density at radius 3 is 2.06 bits per heavy atom. The van der Waals surface area contributed by atoms with Crippen LogP contribution in [0.5, 0.6) is 0 Å². The third kappa shape index (κ3) is 2.98. The van der Waals surface area contributed by atoms with Gasteiger partial charge in [0.2, 0.25) is 0 Å². The van der Waals surface area contributed by atoms with Crippen LogP contribution in [0.4, 0.5) is 11.4 Å². The molecule has 0 saturated heterocycles. The highest BCUT2D eigenvalue weighted by atomic mass is 15.1. The maximum atomic E-state index is 4.63. The molecule has 0 aliphatic heterocycles. The number of anilines is 1. The van der Waals surface area contributed by atoms with Gasteiger partial charge in [-0.2, -0.15) is 0 Å². The summed E-state index contributed by atoms with van der Waals surface area (Å²) in [5.74, 6) is 0. The van der Waals surface area contributed by atoms with Crippen molar-refractivity contribution in [2.24, 2.45) is 4.99 Å². The van der Waals surface area contributed by atoms with Crippen molar-refractivity contribution in [3.8, 4) is 0 Å². The van der Waals surface area contributed by atoms with Gasteiger partial charge in [0, 0.05) is 25.5 Å². The average Bonchev–Trinajstić information content (AvgIpc) is 2.40. The lowest BCUT2D eigenvalue weighted by atomic mass is 10.1. The summed E-state index contributed by atoms with van der Waals surface area (Å²) in [6.07, 6.45) is 0. The van der Waals surface area contributed by atoms with Gasteiger partial charge in [-0.1, -0.05) is 30.3 Å². The van der Waals surface area contributed by atoms with Crippen molar-refractivity contribution in [1.29, 1.82) is 0 Å². The van der Waals surface area contributed by atoms with Gasteiger partial charge >= 0.3 is 0 Å². The molecule has 18 heavy (non-hydrogen) atoms. The van der Waals surface area contributed by atoms with Gasteiger partial charge in [0.05, 0.1) is 5.69 Å². The maximum absolute atomic E-state index is 4.63. The fourth-order valence-corrected chi connectivity index (χ4v) is 1.76. The predicted octanol–water partition coefficient (Wildman–Crippen LogP) is 3.89. The molecule has 0 spiro atoms. The minimum atomic E-state index is 0.988. The molecule has 2 rings (SSSR count). The van der Waals surface area contributed by atoms with Crippen molar-refractivity contribution in [2.75, 3.05) is 19.0 Å². The lowest BCUT2D eigenvalue weighted by molar-refractivity contribution is 1.13. The summed E-state index contributed by atoms with van der Waals surface area (Å²) in [6, 6.07) is 18.5. The van der Waals surface area contributed by atoms with E-state index in [2.05, 4.69) is 34.2 Å². The Morgan fingerprint density at radius 1 is 0.889 bits per heavy atom.